The molecular formula is C22H26N2O4. The van der Waals surface area contributed by atoms with Crippen molar-refractivity contribution in [2.75, 3.05) is 6.54 Å². The van der Waals surface area contributed by atoms with Crippen molar-refractivity contribution >= 4 is 12.1 Å². The minimum atomic E-state index is -0.934. The van der Waals surface area contributed by atoms with E-state index in [0.29, 0.717) is 19.5 Å². The van der Waals surface area contributed by atoms with E-state index in [4.69, 9.17) is 4.74 Å². The summed E-state index contributed by atoms with van der Waals surface area (Å²) in [6.45, 7) is 3.54. The average Bonchev–Trinajstić information content (AvgIpc) is 2.97. The van der Waals surface area contributed by atoms with Crippen molar-refractivity contribution in [3.8, 4) is 0 Å². The number of alkyl carbamates (subject to hydrolysis) is 1. The lowest BCUT2D eigenvalue weighted by Gasteiger charge is -2.35. The Bertz CT molecular complexity index is 797. The number of ether oxygens (including phenoxy) is 1. The smallest absolute Gasteiger partial charge is 0.407 e. The second-order valence-corrected chi connectivity index (χ2v) is 7.30. The number of rotatable bonds is 7. The largest absolute Gasteiger partial charge is 0.481 e. The van der Waals surface area contributed by atoms with Crippen molar-refractivity contribution in [3.05, 3.63) is 71.8 Å². The third-order valence-electron chi connectivity index (χ3n) is 5.45. The molecule has 148 valence electrons. The third-order valence-corrected chi connectivity index (χ3v) is 5.45. The topological polar surface area (TPSA) is 78.9 Å². The first-order valence-electron chi connectivity index (χ1n) is 9.47. The fourth-order valence-electron chi connectivity index (χ4n) is 3.81. The molecule has 1 saturated heterocycles. The van der Waals surface area contributed by atoms with Gasteiger partial charge in [-0.1, -0.05) is 60.7 Å². The molecule has 1 heterocycles. The first-order chi connectivity index (χ1) is 13.5. The van der Waals surface area contributed by atoms with Gasteiger partial charge in [0.25, 0.3) is 0 Å². The predicted molar refractivity (Wildman–Crippen MR) is 106 cm³/mol. The van der Waals surface area contributed by atoms with Gasteiger partial charge in [-0.05, 0) is 24.5 Å². The molecule has 0 aromatic heterocycles. The Kier molecular flexibility index (Phi) is 6.31. The summed E-state index contributed by atoms with van der Waals surface area (Å²) in [4.78, 5) is 26.2. The summed E-state index contributed by atoms with van der Waals surface area (Å²) < 4.78 is 5.34. The van der Waals surface area contributed by atoms with Crippen LogP contribution in [0.1, 0.15) is 30.9 Å². The molecule has 0 spiro atoms. The molecule has 6 heteroatoms. The zero-order valence-corrected chi connectivity index (χ0v) is 16.0. The summed E-state index contributed by atoms with van der Waals surface area (Å²) in [5.74, 6) is -0.934. The minimum absolute atomic E-state index is 0.131. The Morgan fingerprint density at radius 3 is 2.32 bits per heavy atom. The van der Waals surface area contributed by atoms with Gasteiger partial charge in [0.2, 0.25) is 0 Å². The maximum Gasteiger partial charge on any atom is 0.407 e. The molecule has 1 fully saturated rings. The number of hydrogen-bond donors (Lipinski definition) is 2. The van der Waals surface area contributed by atoms with Crippen molar-refractivity contribution < 1.29 is 19.4 Å². The van der Waals surface area contributed by atoms with E-state index >= 15 is 0 Å². The molecule has 28 heavy (non-hydrogen) atoms. The standard InChI is InChI=1S/C22H26N2O4/c1-17-22(14-20(25)26,12-13-24(17)15-18-8-4-2-5-9-18)23-21(27)28-16-19-10-6-3-7-11-19/h2-11,17H,12-16H2,1H3,(H,23,27)(H,25,26). The van der Waals surface area contributed by atoms with Gasteiger partial charge in [0.15, 0.2) is 0 Å². The molecule has 2 N–H and O–H groups in total. The Morgan fingerprint density at radius 1 is 1.11 bits per heavy atom. The van der Waals surface area contributed by atoms with E-state index in [-0.39, 0.29) is 19.1 Å². The van der Waals surface area contributed by atoms with Crippen LogP contribution < -0.4 is 5.32 Å². The van der Waals surface area contributed by atoms with E-state index < -0.39 is 17.6 Å². The van der Waals surface area contributed by atoms with Crippen LogP contribution >= 0.6 is 0 Å². The van der Waals surface area contributed by atoms with Crippen LogP contribution in [0.25, 0.3) is 0 Å². The Labute approximate surface area is 165 Å². The van der Waals surface area contributed by atoms with Crippen molar-refractivity contribution in [1.29, 1.82) is 0 Å². The molecule has 1 aliphatic rings. The number of benzene rings is 2. The van der Waals surface area contributed by atoms with Gasteiger partial charge in [-0.3, -0.25) is 9.69 Å². The number of likely N-dealkylation sites (tertiary alicyclic amines) is 1. The minimum Gasteiger partial charge on any atom is -0.481 e. The molecule has 0 radical (unpaired) electrons. The Hall–Kier alpha value is -2.86. The van der Waals surface area contributed by atoms with Crippen molar-refractivity contribution in [2.45, 2.75) is 44.5 Å². The molecular weight excluding hydrogens is 356 g/mol. The van der Waals surface area contributed by atoms with Crippen LogP contribution in [0, 0.1) is 0 Å². The molecule has 0 aliphatic carbocycles. The van der Waals surface area contributed by atoms with E-state index in [9.17, 15) is 14.7 Å². The quantitative estimate of drug-likeness (QED) is 0.767. The highest BCUT2D eigenvalue weighted by atomic mass is 16.5. The van der Waals surface area contributed by atoms with E-state index in [0.717, 1.165) is 11.1 Å². The van der Waals surface area contributed by atoms with E-state index in [1.165, 1.54) is 0 Å². The highest BCUT2D eigenvalue weighted by Crippen LogP contribution is 2.33. The second kappa shape index (κ2) is 8.89. The number of nitrogens with one attached hydrogen (secondary N) is 1. The number of aliphatic carboxylic acids is 1. The molecule has 0 saturated carbocycles. The van der Waals surface area contributed by atoms with E-state index in [1.54, 1.807) is 0 Å². The number of amides is 1. The van der Waals surface area contributed by atoms with Crippen LogP contribution in [0.3, 0.4) is 0 Å². The normalized spacial score (nSPS) is 22.0. The zero-order chi connectivity index (χ0) is 20.0. The average molecular weight is 382 g/mol. The van der Waals surface area contributed by atoms with Crippen LogP contribution in [-0.4, -0.2) is 40.2 Å². The Morgan fingerprint density at radius 2 is 1.71 bits per heavy atom. The van der Waals surface area contributed by atoms with Gasteiger partial charge >= 0.3 is 12.1 Å². The van der Waals surface area contributed by atoms with Gasteiger partial charge in [0, 0.05) is 19.1 Å². The number of hydrogen-bond acceptors (Lipinski definition) is 4. The lowest BCUT2D eigenvalue weighted by Crippen LogP contribution is -2.56. The molecule has 2 aromatic carbocycles. The van der Waals surface area contributed by atoms with Gasteiger partial charge in [-0.25, -0.2) is 4.79 Å². The van der Waals surface area contributed by atoms with Crippen LogP contribution in [0.2, 0.25) is 0 Å². The molecule has 2 atom stereocenters. The Balaban J connectivity index is 1.66. The maximum absolute atomic E-state index is 12.4. The molecule has 2 unspecified atom stereocenters. The van der Waals surface area contributed by atoms with Crippen LogP contribution in [0.5, 0.6) is 0 Å². The highest BCUT2D eigenvalue weighted by Gasteiger charge is 2.47. The molecule has 2 aromatic rings. The van der Waals surface area contributed by atoms with Gasteiger partial charge in [-0.15, -0.1) is 0 Å². The van der Waals surface area contributed by atoms with Crippen LogP contribution in [-0.2, 0) is 22.7 Å². The molecule has 3 rings (SSSR count). The van der Waals surface area contributed by atoms with Crippen molar-refractivity contribution in [3.63, 3.8) is 0 Å². The fourth-order valence-corrected chi connectivity index (χ4v) is 3.81. The lowest BCUT2D eigenvalue weighted by atomic mass is 9.87. The SMILES string of the molecule is CC1N(Cc2ccccc2)CCC1(CC(=O)O)NC(=O)OCc1ccccc1. The van der Waals surface area contributed by atoms with Crippen LogP contribution in [0.15, 0.2) is 60.7 Å². The molecule has 1 aliphatic heterocycles. The summed E-state index contributed by atoms with van der Waals surface area (Å²) in [5.41, 5.74) is 1.19. The van der Waals surface area contributed by atoms with Gasteiger partial charge in [0.05, 0.1) is 12.0 Å². The van der Waals surface area contributed by atoms with Gasteiger partial charge in [0.1, 0.15) is 6.61 Å². The number of carbonyl (C=O) groups excluding carboxylic acids is 1. The van der Waals surface area contributed by atoms with E-state index in [2.05, 4.69) is 10.2 Å². The fraction of sp³-hybridized carbons (Fsp3) is 0.364. The molecule has 6 nitrogen and oxygen atoms in total. The summed E-state index contributed by atoms with van der Waals surface area (Å²) in [6.07, 6.45) is -0.160. The van der Waals surface area contributed by atoms with Gasteiger partial charge < -0.3 is 15.2 Å². The lowest BCUT2D eigenvalue weighted by molar-refractivity contribution is -0.138. The van der Waals surface area contributed by atoms with Crippen molar-refractivity contribution in [1.82, 2.24) is 10.2 Å². The second-order valence-electron chi connectivity index (χ2n) is 7.30. The number of nitrogens with zero attached hydrogens (tertiary/aromatic N) is 1. The number of carboxylic acids is 1. The monoisotopic (exact) mass is 382 g/mol. The highest BCUT2D eigenvalue weighted by molar-refractivity contribution is 5.73. The summed E-state index contributed by atoms with van der Waals surface area (Å²) >= 11 is 0. The number of carboxylic acid groups (broad SMARTS) is 1. The van der Waals surface area contributed by atoms with E-state index in [1.807, 2.05) is 67.6 Å². The third kappa shape index (κ3) is 4.89. The predicted octanol–water partition coefficient (Wildman–Crippen LogP) is 3.42. The summed E-state index contributed by atoms with van der Waals surface area (Å²) in [5, 5.41) is 12.3. The zero-order valence-electron chi connectivity index (χ0n) is 16.0. The van der Waals surface area contributed by atoms with Gasteiger partial charge in [-0.2, -0.15) is 0 Å². The maximum atomic E-state index is 12.4. The van der Waals surface area contributed by atoms with Crippen LogP contribution in [0.4, 0.5) is 4.79 Å². The van der Waals surface area contributed by atoms with Crippen molar-refractivity contribution in [2.24, 2.45) is 0 Å². The first kappa shape index (κ1) is 19.9. The molecule has 0 bridgehead atoms. The molecule has 1 amide bonds. The first-order valence-corrected chi connectivity index (χ1v) is 9.47. The number of carbonyl (C=O) groups is 2. The summed E-state index contributed by atoms with van der Waals surface area (Å²) in [6, 6.07) is 19.3. The summed E-state index contributed by atoms with van der Waals surface area (Å²) in [7, 11) is 0.